The molecule has 1 aromatic carbocycles. The van der Waals surface area contributed by atoms with Gasteiger partial charge in [0.25, 0.3) is 5.91 Å². The second-order valence-corrected chi connectivity index (χ2v) is 7.80. The summed E-state index contributed by atoms with van der Waals surface area (Å²) in [5.74, 6) is 0.639. The molecule has 0 bridgehead atoms. The van der Waals surface area contributed by atoms with Gasteiger partial charge in [-0.1, -0.05) is 54.1 Å². The van der Waals surface area contributed by atoms with Crippen molar-refractivity contribution in [3.63, 3.8) is 0 Å². The fourth-order valence-electron chi connectivity index (χ4n) is 3.08. The molecule has 0 saturated carbocycles. The first-order valence-electron chi connectivity index (χ1n) is 9.05. The van der Waals surface area contributed by atoms with Crippen molar-refractivity contribution in [3.8, 4) is 0 Å². The van der Waals surface area contributed by atoms with E-state index in [4.69, 9.17) is 11.6 Å². The lowest BCUT2D eigenvalue weighted by Crippen LogP contribution is -2.48. The van der Waals surface area contributed by atoms with Gasteiger partial charge in [0.2, 0.25) is 0 Å². The van der Waals surface area contributed by atoms with Crippen molar-refractivity contribution in [2.75, 3.05) is 31.1 Å². The van der Waals surface area contributed by atoms with Crippen LogP contribution in [0.4, 0.5) is 5.82 Å². The summed E-state index contributed by atoms with van der Waals surface area (Å²) >= 11 is 7.68. The number of rotatable bonds is 3. The van der Waals surface area contributed by atoms with Crippen LogP contribution < -0.4 is 4.90 Å². The van der Waals surface area contributed by atoms with Gasteiger partial charge in [-0.2, -0.15) is 4.99 Å². The summed E-state index contributed by atoms with van der Waals surface area (Å²) < 4.78 is 0. The number of carbonyl (C=O) groups excluding carboxylic acids is 1. The van der Waals surface area contributed by atoms with E-state index >= 15 is 0 Å². The molecule has 1 amide bonds. The molecule has 2 aromatic rings. The van der Waals surface area contributed by atoms with Gasteiger partial charge in [0, 0.05) is 32.4 Å². The lowest BCUT2D eigenvalue weighted by atomic mass is 10.2. The van der Waals surface area contributed by atoms with Gasteiger partial charge in [0.05, 0.1) is 9.93 Å². The molecule has 5 nitrogen and oxygen atoms in total. The summed E-state index contributed by atoms with van der Waals surface area (Å²) in [6.07, 6.45) is 7.47. The molecule has 4 rings (SSSR count). The first kappa shape index (κ1) is 18.8. The van der Waals surface area contributed by atoms with Crippen molar-refractivity contribution in [2.24, 2.45) is 4.99 Å². The number of piperazine rings is 1. The number of carbonyl (C=O) groups is 1. The van der Waals surface area contributed by atoms with E-state index in [2.05, 4.69) is 19.8 Å². The minimum Gasteiger partial charge on any atom is -0.352 e. The van der Waals surface area contributed by atoms with Gasteiger partial charge in [0.15, 0.2) is 5.17 Å². The van der Waals surface area contributed by atoms with E-state index in [1.165, 1.54) is 11.8 Å². The standard InChI is InChI=1S/C21H19ClN4OS/c22-17-9-5-11-23-19(17)25-12-14-26(15-13-25)21-24-20(27)18(28-21)10-4-8-16-6-2-1-3-7-16/h1-11H,12-15H2/b8-4+,18-10+. The minimum atomic E-state index is -0.173. The lowest BCUT2D eigenvalue weighted by molar-refractivity contribution is -0.113. The molecule has 2 aliphatic heterocycles. The van der Waals surface area contributed by atoms with Crippen molar-refractivity contribution >= 4 is 46.3 Å². The van der Waals surface area contributed by atoms with E-state index in [-0.39, 0.29) is 5.91 Å². The van der Waals surface area contributed by atoms with Crippen molar-refractivity contribution in [1.29, 1.82) is 0 Å². The molecule has 3 heterocycles. The number of hydrogen-bond acceptors (Lipinski definition) is 5. The minimum absolute atomic E-state index is 0.173. The molecule has 2 aliphatic rings. The van der Waals surface area contributed by atoms with E-state index in [1.54, 1.807) is 6.20 Å². The highest BCUT2D eigenvalue weighted by Gasteiger charge is 2.28. The maximum atomic E-state index is 12.2. The number of amidine groups is 1. The zero-order valence-corrected chi connectivity index (χ0v) is 16.7. The van der Waals surface area contributed by atoms with Gasteiger partial charge in [-0.15, -0.1) is 0 Å². The third-order valence-electron chi connectivity index (χ3n) is 4.53. The molecular formula is C21H19ClN4OS. The van der Waals surface area contributed by atoms with Crippen LogP contribution in [0.5, 0.6) is 0 Å². The van der Waals surface area contributed by atoms with Crippen molar-refractivity contribution in [3.05, 3.63) is 76.3 Å². The fourth-order valence-corrected chi connectivity index (χ4v) is 4.24. The van der Waals surface area contributed by atoms with E-state index < -0.39 is 0 Å². The van der Waals surface area contributed by atoms with Crippen LogP contribution in [0, 0.1) is 0 Å². The number of amides is 1. The largest absolute Gasteiger partial charge is 0.352 e. The van der Waals surface area contributed by atoms with Crippen LogP contribution in [0.15, 0.2) is 70.7 Å². The molecule has 0 aliphatic carbocycles. The molecule has 0 N–H and O–H groups in total. The number of allylic oxidation sites excluding steroid dienone is 2. The van der Waals surface area contributed by atoms with E-state index in [0.717, 1.165) is 42.7 Å². The highest BCUT2D eigenvalue weighted by Crippen LogP contribution is 2.30. The number of aliphatic imine (C=N–C) groups is 1. The predicted octanol–water partition coefficient (Wildman–Crippen LogP) is 4.08. The maximum absolute atomic E-state index is 12.2. The Morgan fingerprint density at radius 1 is 1.00 bits per heavy atom. The van der Waals surface area contributed by atoms with E-state index in [1.807, 2.05) is 60.7 Å². The monoisotopic (exact) mass is 410 g/mol. The van der Waals surface area contributed by atoms with Crippen LogP contribution in [0.25, 0.3) is 6.08 Å². The van der Waals surface area contributed by atoms with Crippen LogP contribution in [-0.4, -0.2) is 47.1 Å². The Balaban J connectivity index is 1.36. The molecule has 28 heavy (non-hydrogen) atoms. The average Bonchev–Trinajstić information content (AvgIpc) is 3.10. The quantitative estimate of drug-likeness (QED) is 0.713. The normalized spacial score (nSPS) is 19.0. The van der Waals surface area contributed by atoms with Crippen LogP contribution in [0.3, 0.4) is 0 Å². The number of hydrogen-bond donors (Lipinski definition) is 0. The SMILES string of the molecule is O=C1N=C(N2CCN(c3ncccc3Cl)CC2)S/C1=C/C=C/c1ccccc1. The van der Waals surface area contributed by atoms with Crippen molar-refractivity contribution < 1.29 is 4.79 Å². The van der Waals surface area contributed by atoms with Gasteiger partial charge in [0.1, 0.15) is 5.82 Å². The zero-order valence-electron chi connectivity index (χ0n) is 15.2. The molecule has 0 radical (unpaired) electrons. The van der Waals surface area contributed by atoms with Gasteiger partial charge < -0.3 is 9.80 Å². The Hall–Kier alpha value is -2.57. The van der Waals surface area contributed by atoms with Gasteiger partial charge >= 0.3 is 0 Å². The molecule has 1 aromatic heterocycles. The Morgan fingerprint density at radius 2 is 1.75 bits per heavy atom. The number of anilines is 1. The number of benzene rings is 1. The predicted molar refractivity (Wildman–Crippen MR) is 117 cm³/mol. The second kappa shape index (κ2) is 8.63. The first-order chi connectivity index (χ1) is 13.7. The summed E-state index contributed by atoms with van der Waals surface area (Å²) in [6, 6.07) is 13.7. The Bertz CT molecular complexity index is 950. The lowest BCUT2D eigenvalue weighted by Gasteiger charge is -2.36. The van der Waals surface area contributed by atoms with Crippen LogP contribution in [0.2, 0.25) is 5.02 Å². The second-order valence-electron chi connectivity index (χ2n) is 6.39. The molecule has 0 unspecified atom stereocenters. The number of halogens is 1. The third-order valence-corrected chi connectivity index (χ3v) is 5.89. The fraction of sp³-hybridized carbons (Fsp3) is 0.190. The molecule has 142 valence electrons. The van der Waals surface area contributed by atoms with Crippen LogP contribution in [0.1, 0.15) is 5.56 Å². The topological polar surface area (TPSA) is 48.8 Å². The summed E-state index contributed by atoms with van der Waals surface area (Å²) in [7, 11) is 0. The number of pyridine rings is 1. The number of aromatic nitrogens is 1. The Labute approximate surface area is 173 Å². The molecule has 0 atom stereocenters. The Kier molecular flexibility index (Phi) is 5.78. The third kappa shape index (κ3) is 4.29. The van der Waals surface area contributed by atoms with E-state index in [9.17, 15) is 4.79 Å². The Morgan fingerprint density at radius 3 is 2.50 bits per heavy atom. The van der Waals surface area contributed by atoms with Crippen molar-refractivity contribution in [1.82, 2.24) is 9.88 Å². The summed E-state index contributed by atoms with van der Waals surface area (Å²) in [6.45, 7) is 3.13. The summed E-state index contributed by atoms with van der Waals surface area (Å²) in [4.78, 5) is 25.8. The van der Waals surface area contributed by atoms with Crippen molar-refractivity contribution in [2.45, 2.75) is 0 Å². The van der Waals surface area contributed by atoms with Crippen LogP contribution >= 0.6 is 23.4 Å². The highest BCUT2D eigenvalue weighted by molar-refractivity contribution is 8.18. The number of thioether (sulfide) groups is 1. The molecule has 1 fully saturated rings. The number of nitrogens with zero attached hydrogens (tertiary/aromatic N) is 4. The summed E-state index contributed by atoms with van der Waals surface area (Å²) in [5.41, 5.74) is 1.10. The van der Waals surface area contributed by atoms with Crippen LogP contribution in [-0.2, 0) is 4.79 Å². The van der Waals surface area contributed by atoms with Gasteiger partial charge in [-0.05, 0) is 35.5 Å². The zero-order chi connectivity index (χ0) is 19.3. The molecule has 1 saturated heterocycles. The molecular weight excluding hydrogens is 392 g/mol. The first-order valence-corrected chi connectivity index (χ1v) is 10.2. The molecule has 7 heteroatoms. The average molecular weight is 411 g/mol. The van der Waals surface area contributed by atoms with E-state index in [0.29, 0.717) is 9.93 Å². The highest BCUT2D eigenvalue weighted by atomic mass is 35.5. The van der Waals surface area contributed by atoms with Gasteiger partial charge in [-0.3, -0.25) is 4.79 Å². The molecule has 0 spiro atoms. The maximum Gasteiger partial charge on any atom is 0.286 e. The smallest absolute Gasteiger partial charge is 0.286 e. The van der Waals surface area contributed by atoms with Gasteiger partial charge in [-0.25, -0.2) is 4.98 Å². The summed E-state index contributed by atoms with van der Waals surface area (Å²) in [5, 5.41) is 1.44.